The van der Waals surface area contributed by atoms with E-state index in [9.17, 15) is 9.90 Å². The number of aromatic carboxylic acids is 1. The van der Waals surface area contributed by atoms with E-state index in [0.717, 1.165) is 16.8 Å². The van der Waals surface area contributed by atoms with Gasteiger partial charge in [0.1, 0.15) is 0 Å². The highest BCUT2D eigenvalue weighted by Gasteiger charge is 2.22. The average molecular weight is 272 g/mol. The summed E-state index contributed by atoms with van der Waals surface area (Å²) in [5, 5.41) is 15.9. The van der Waals surface area contributed by atoms with E-state index in [1.165, 1.54) is 5.56 Å². The third-order valence-corrected chi connectivity index (χ3v) is 3.52. The molecule has 0 saturated carbocycles. The summed E-state index contributed by atoms with van der Waals surface area (Å²) in [5.41, 5.74) is 4.71. The van der Waals surface area contributed by atoms with Gasteiger partial charge in [-0.1, -0.05) is 39.0 Å². The molecule has 1 aromatic carbocycles. The van der Waals surface area contributed by atoms with Crippen LogP contribution in [0.2, 0.25) is 0 Å². The van der Waals surface area contributed by atoms with E-state index in [1.54, 1.807) is 0 Å². The Morgan fingerprint density at radius 2 is 1.90 bits per heavy atom. The van der Waals surface area contributed by atoms with E-state index in [-0.39, 0.29) is 11.1 Å². The maximum Gasteiger partial charge on any atom is 0.357 e. The molecule has 2 aromatic rings. The van der Waals surface area contributed by atoms with Crippen molar-refractivity contribution in [2.45, 2.75) is 40.0 Å². The van der Waals surface area contributed by atoms with Gasteiger partial charge >= 0.3 is 5.97 Å². The van der Waals surface area contributed by atoms with Crippen molar-refractivity contribution in [3.05, 3.63) is 40.7 Å². The number of aromatic nitrogens is 2. The van der Waals surface area contributed by atoms with Crippen LogP contribution in [0.5, 0.6) is 0 Å². The molecule has 4 nitrogen and oxygen atoms in total. The molecule has 4 heteroatoms. The lowest BCUT2D eigenvalue weighted by molar-refractivity contribution is 0.0691. The van der Waals surface area contributed by atoms with Crippen molar-refractivity contribution in [1.29, 1.82) is 0 Å². The minimum atomic E-state index is -1.01. The number of carbonyl (C=O) groups is 1. The van der Waals surface area contributed by atoms with E-state index < -0.39 is 5.97 Å². The molecule has 0 saturated heterocycles. The summed E-state index contributed by atoms with van der Waals surface area (Å²) < 4.78 is 0. The zero-order chi connectivity index (χ0) is 15.1. The Kier molecular flexibility index (Phi) is 3.42. The van der Waals surface area contributed by atoms with Crippen molar-refractivity contribution in [3.8, 4) is 11.1 Å². The van der Waals surface area contributed by atoms with Crippen molar-refractivity contribution < 1.29 is 9.90 Å². The van der Waals surface area contributed by atoms with Gasteiger partial charge in [-0.2, -0.15) is 5.10 Å². The van der Waals surface area contributed by atoms with Gasteiger partial charge in [0.15, 0.2) is 5.69 Å². The topological polar surface area (TPSA) is 66.0 Å². The molecule has 0 spiro atoms. The van der Waals surface area contributed by atoms with E-state index in [2.05, 4.69) is 43.1 Å². The highest BCUT2D eigenvalue weighted by Crippen LogP contribution is 2.33. The Morgan fingerprint density at radius 3 is 2.45 bits per heavy atom. The number of rotatable bonds is 2. The number of aromatic amines is 1. The summed E-state index contributed by atoms with van der Waals surface area (Å²) in [6, 6.07) is 6.20. The standard InChI is InChI=1S/C16H20N2O2/c1-9-6-7-11(16(3,4)5)8-12(9)13-10(2)17-18-14(13)15(19)20/h6-8H,1-5H3,(H,17,18)(H,19,20). The average Bonchev–Trinajstić information content (AvgIpc) is 2.70. The third-order valence-electron chi connectivity index (χ3n) is 3.52. The van der Waals surface area contributed by atoms with Crippen LogP contribution in [0.15, 0.2) is 18.2 Å². The van der Waals surface area contributed by atoms with Gasteiger partial charge < -0.3 is 5.11 Å². The van der Waals surface area contributed by atoms with Crippen LogP contribution in [0, 0.1) is 13.8 Å². The maximum absolute atomic E-state index is 11.3. The molecule has 106 valence electrons. The predicted octanol–water partition coefficient (Wildman–Crippen LogP) is 3.69. The second-order valence-electron chi connectivity index (χ2n) is 6.16. The van der Waals surface area contributed by atoms with Gasteiger partial charge in [0, 0.05) is 11.3 Å². The molecule has 2 rings (SSSR count). The number of carboxylic acid groups (broad SMARTS) is 1. The van der Waals surface area contributed by atoms with E-state index >= 15 is 0 Å². The predicted molar refractivity (Wildman–Crippen MR) is 79.2 cm³/mol. The summed E-state index contributed by atoms with van der Waals surface area (Å²) in [4.78, 5) is 11.3. The molecule has 1 heterocycles. The normalized spacial score (nSPS) is 11.7. The minimum absolute atomic E-state index is 0.0173. The third kappa shape index (κ3) is 2.46. The number of carboxylic acids is 1. The van der Waals surface area contributed by atoms with Gasteiger partial charge in [0.05, 0.1) is 0 Å². The highest BCUT2D eigenvalue weighted by atomic mass is 16.4. The van der Waals surface area contributed by atoms with Crippen LogP contribution >= 0.6 is 0 Å². The number of benzene rings is 1. The molecule has 0 bridgehead atoms. The number of nitrogens with zero attached hydrogens (tertiary/aromatic N) is 1. The van der Waals surface area contributed by atoms with Gasteiger partial charge in [0.2, 0.25) is 0 Å². The van der Waals surface area contributed by atoms with Gasteiger partial charge in [-0.3, -0.25) is 5.10 Å². The molecule has 20 heavy (non-hydrogen) atoms. The monoisotopic (exact) mass is 272 g/mol. The number of hydrogen-bond donors (Lipinski definition) is 2. The van der Waals surface area contributed by atoms with Crippen molar-refractivity contribution in [1.82, 2.24) is 10.2 Å². The Labute approximate surface area is 118 Å². The Morgan fingerprint density at radius 1 is 1.25 bits per heavy atom. The molecule has 0 amide bonds. The molecule has 0 fully saturated rings. The number of H-pyrrole nitrogens is 1. The first-order valence-corrected chi connectivity index (χ1v) is 6.61. The Hall–Kier alpha value is -2.10. The maximum atomic E-state index is 11.3. The number of nitrogens with one attached hydrogen (secondary N) is 1. The largest absolute Gasteiger partial charge is 0.476 e. The van der Waals surface area contributed by atoms with Crippen molar-refractivity contribution in [2.75, 3.05) is 0 Å². The molecule has 0 aliphatic rings. The second-order valence-corrected chi connectivity index (χ2v) is 6.16. The lowest BCUT2D eigenvalue weighted by Crippen LogP contribution is -2.11. The zero-order valence-corrected chi connectivity index (χ0v) is 12.5. The first-order valence-electron chi connectivity index (χ1n) is 6.61. The quantitative estimate of drug-likeness (QED) is 0.876. The van der Waals surface area contributed by atoms with Gasteiger partial charge in [-0.05, 0) is 36.0 Å². The molecule has 0 unspecified atom stereocenters. The lowest BCUT2D eigenvalue weighted by Gasteiger charge is -2.21. The highest BCUT2D eigenvalue weighted by molar-refractivity contribution is 5.95. The minimum Gasteiger partial charge on any atom is -0.476 e. The van der Waals surface area contributed by atoms with Crippen LogP contribution in [0.4, 0.5) is 0 Å². The van der Waals surface area contributed by atoms with Crippen LogP contribution in [0.1, 0.15) is 48.1 Å². The lowest BCUT2D eigenvalue weighted by atomic mass is 9.84. The summed E-state index contributed by atoms with van der Waals surface area (Å²) in [6.07, 6.45) is 0. The molecule has 0 aliphatic heterocycles. The van der Waals surface area contributed by atoms with Gasteiger partial charge in [0.25, 0.3) is 0 Å². The van der Waals surface area contributed by atoms with Crippen molar-refractivity contribution in [3.63, 3.8) is 0 Å². The fourth-order valence-corrected chi connectivity index (χ4v) is 2.27. The summed E-state index contributed by atoms with van der Waals surface area (Å²) in [5.74, 6) is -1.01. The van der Waals surface area contributed by atoms with Crippen LogP contribution < -0.4 is 0 Å². The summed E-state index contributed by atoms with van der Waals surface area (Å²) >= 11 is 0. The van der Waals surface area contributed by atoms with E-state index in [1.807, 2.05) is 19.9 Å². The van der Waals surface area contributed by atoms with Gasteiger partial charge in [-0.25, -0.2) is 4.79 Å². The molecular weight excluding hydrogens is 252 g/mol. The van der Waals surface area contributed by atoms with Gasteiger partial charge in [-0.15, -0.1) is 0 Å². The van der Waals surface area contributed by atoms with Crippen LogP contribution in [-0.4, -0.2) is 21.3 Å². The smallest absolute Gasteiger partial charge is 0.357 e. The number of aryl methyl sites for hydroxylation is 2. The van der Waals surface area contributed by atoms with Crippen LogP contribution in [0.25, 0.3) is 11.1 Å². The molecule has 0 atom stereocenters. The fraction of sp³-hybridized carbons (Fsp3) is 0.375. The fourth-order valence-electron chi connectivity index (χ4n) is 2.27. The second kappa shape index (κ2) is 4.78. The molecule has 1 aromatic heterocycles. The van der Waals surface area contributed by atoms with E-state index in [0.29, 0.717) is 5.56 Å². The molecule has 0 radical (unpaired) electrons. The van der Waals surface area contributed by atoms with E-state index in [4.69, 9.17) is 0 Å². The van der Waals surface area contributed by atoms with Crippen molar-refractivity contribution in [2.24, 2.45) is 0 Å². The van der Waals surface area contributed by atoms with Crippen LogP contribution in [0.3, 0.4) is 0 Å². The summed E-state index contributed by atoms with van der Waals surface area (Å²) in [6.45, 7) is 10.3. The Bertz CT molecular complexity index is 664. The molecule has 2 N–H and O–H groups in total. The zero-order valence-electron chi connectivity index (χ0n) is 12.5. The SMILES string of the molecule is Cc1ccc(C(C)(C)C)cc1-c1c(C(=O)O)n[nH]c1C. The number of hydrogen-bond acceptors (Lipinski definition) is 2. The summed E-state index contributed by atoms with van der Waals surface area (Å²) in [7, 11) is 0. The van der Waals surface area contributed by atoms with Crippen molar-refractivity contribution >= 4 is 5.97 Å². The molecular formula is C16H20N2O2. The first-order chi connectivity index (χ1) is 9.21. The first kappa shape index (κ1) is 14.3. The molecule has 0 aliphatic carbocycles. The Balaban J connectivity index is 2.70. The van der Waals surface area contributed by atoms with Crippen LogP contribution in [-0.2, 0) is 5.41 Å².